The largest absolute Gasteiger partial charge is 0.356 e. The molecule has 0 aromatic carbocycles. The molecule has 0 aliphatic carbocycles. The molecule has 1 aliphatic heterocycles. The Labute approximate surface area is 139 Å². The van der Waals surface area contributed by atoms with Crippen LogP contribution in [0.3, 0.4) is 0 Å². The molecular weight excluding hydrogens is 292 g/mol. The van der Waals surface area contributed by atoms with Gasteiger partial charge in [-0.25, -0.2) is 0 Å². The molecule has 1 fully saturated rings. The minimum atomic E-state index is 0.466. The predicted molar refractivity (Wildman–Crippen MR) is 96.6 cm³/mol. The zero-order chi connectivity index (χ0) is 15.8. The topological polar surface area (TPSA) is 39.7 Å². The van der Waals surface area contributed by atoms with Gasteiger partial charge in [-0.05, 0) is 50.1 Å². The van der Waals surface area contributed by atoms with Crippen molar-refractivity contribution in [3.05, 3.63) is 22.4 Å². The molecule has 22 heavy (non-hydrogen) atoms. The van der Waals surface area contributed by atoms with E-state index in [1.807, 2.05) is 18.4 Å². The summed E-state index contributed by atoms with van der Waals surface area (Å²) in [5, 5.41) is 9.10. The number of aliphatic imine (C=N–C) groups is 1. The molecule has 1 aromatic heterocycles. The molecule has 1 aromatic rings. The standard InChI is InChI=1S/C17H30N4S/c1-4-14(2)20-17(18-3)19-11-15-7-5-9-21(12-15)13-16-8-6-10-22-16/h6,8,10,14-15H,4-5,7,9,11-13H2,1-3H3,(H2,18,19,20). The summed E-state index contributed by atoms with van der Waals surface area (Å²) in [4.78, 5) is 8.39. The van der Waals surface area contributed by atoms with Gasteiger partial charge in [0.2, 0.25) is 0 Å². The van der Waals surface area contributed by atoms with Gasteiger partial charge in [0.1, 0.15) is 0 Å². The van der Waals surface area contributed by atoms with E-state index >= 15 is 0 Å². The Morgan fingerprint density at radius 1 is 1.55 bits per heavy atom. The van der Waals surface area contributed by atoms with Crippen molar-refractivity contribution in [1.29, 1.82) is 0 Å². The lowest BCUT2D eigenvalue weighted by Crippen LogP contribution is -2.46. The Morgan fingerprint density at radius 3 is 3.09 bits per heavy atom. The van der Waals surface area contributed by atoms with E-state index in [4.69, 9.17) is 0 Å². The number of hydrogen-bond donors (Lipinski definition) is 2. The van der Waals surface area contributed by atoms with E-state index < -0.39 is 0 Å². The molecule has 0 spiro atoms. The van der Waals surface area contributed by atoms with Crippen molar-refractivity contribution >= 4 is 17.3 Å². The molecule has 0 radical (unpaired) electrons. The summed E-state index contributed by atoms with van der Waals surface area (Å²) >= 11 is 1.86. The first kappa shape index (κ1) is 17.3. The van der Waals surface area contributed by atoms with Crippen LogP contribution >= 0.6 is 11.3 Å². The molecule has 0 saturated carbocycles. The zero-order valence-corrected chi connectivity index (χ0v) is 15.0. The third-order valence-corrected chi connectivity index (χ3v) is 5.20. The molecule has 2 heterocycles. The second-order valence-corrected chi connectivity index (χ2v) is 7.26. The minimum absolute atomic E-state index is 0.466. The molecular formula is C17H30N4S. The monoisotopic (exact) mass is 322 g/mol. The third kappa shape index (κ3) is 5.61. The number of nitrogens with zero attached hydrogens (tertiary/aromatic N) is 2. The van der Waals surface area contributed by atoms with Crippen LogP contribution in [0.1, 0.15) is 38.0 Å². The Bertz CT molecular complexity index is 444. The van der Waals surface area contributed by atoms with Crippen molar-refractivity contribution in [2.24, 2.45) is 10.9 Å². The van der Waals surface area contributed by atoms with E-state index in [9.17, 15) is 0 Å². The summed E-state index contributed by atoms with van der Waals surface area (Å²) < 4.78 is 0. The quantitative estimate of drug-likeness (QED) is 0.625. The number of piperidine rings is 1. The highest BCUT2D eigenvalue weighted by Crippen LogP contribution is 2.19. The molecule has 1 aliphatic rings. The number of rotatable bonds is 6. The molecule has 2 atom stereocenters. The van der Waals surface area contributed by atoms with Crippen molar-refractivity contribution in [3.8, 4) is 0 Å². The second-order valence-electron chi connectivity index (χ2n) is 6.23. The van der Waals surface area contributed by atoms with Gasteiger partial charge in [0.05, 0.1) is 0 Å². The zero-order valence-electron chi connectivity index (χ0n) is 14.1. The lowest BCUT2D eigenvalue weighted by Gasteiger charge is -2.33. The molecule has 0 bridgehead atoms. The molecule has 0 amide bonds. The predicted octanol–water partition coefficient (Wildman–Crippen LogP) is 2.92. The van der Waals surface area contributed by atoms with E-state index in [0.29, 0.717) is 12.0 Å². The summed E-state index contributed by atoms with van der Waals surface area (Å²) in [5.74, 6) is 1.65. The highest BCUT2D eigenvalue weighted by Gasteiger charge is 2.20. The van der Waals surface area contributed by atoms with Gasteiger partial charge in [0.25, 0.3) is 0 Å². The molecule has 4 nitrogen and oxygen atoms in total. The highest BCUT2D eigenvalue weighted by atomic mass is 32.1. The third-order valence-electron chi connectivity index (χ3n) is 4.34. The number of hydrogen-bond acceptors (Lipinski definition) is 3. The fraction of sp³-hybridized carbons (Fsp3) is 0.706. The molecule has 124 valence electrons. The summed E-state index contributed by atoms with van der Waals surface area (Å²) in [5.41, 5.74) is 0. The first-order valence-electron chi connectivity index (χ1n) is 8.43. The maximum atomic E-state index is 4.32. The lowest BCUT2D eigenvalue weighted by atomic mass is 9.98. The van der Waals surface area contributed by atoms with Crippen LogP contribution in [-0.2, 0) is 6.54 Å². The number of likely N-dealkylation sites (tertiary alicyclic amines) is 1. The van der Waals surface area contributed by atoms with E-state index in [2.05, 4.69) is 51.9 Å². The van der Waals surface area contributed by atoms with E-state index in [0.717, 1.165) is 25.5 Å². The Hall–Kier alpha value is -1.07. The average molecular weight is 323 g/mol. The van der Waals surface area contributed by atoms with Crippen LogP contribution in [0.15, 0.2) is 22.5 Å². The van der Waals surface area contributed by atoms with Crippen molar-refractivity contribution < 1.29 is 0 Å². The van der Waals surface area contributed by atoms with E-state index in [1.54, 1.807) is 0 Å². The van der Waals surface area contributed by atoms with Crippen LogP contribution in [0, 0.1) is 5.92 Å². The first-order valence-corrected chi connectivity index (χ1v) is 9.31. The van der Waals surface area contributed by atoms with Crippen LogP contribution in [0.5, 0.6) is 0 Å². The molecule has 1 saturated heterocycles. The smallest absolute Gasteiger partial charge is 0.191 e. The highest BCUT2D eigenvalue weighted by molar-refractivity contribution is 7.09. The van der Waals surface area contributed by atoms with Crippen LogP contribution in [0.25, 0.3) is 0 Å². The van der Waals surface area contributed by atoms with Gasteiger partial charge >= 0.3 is 0 Å². The summed E-state index contributed by atoms with van der Waals surface area (Å²) in [6, 6.07) is 4.85. The Morgan fingerprint density at radius 2 is 2.41 bits per heavy atom. The maximum Gasteiger partial charge on any atom is 0.191 e. The SMILES string of the molecule is CCC(C)NC(=NC)NCC1CCCN(Cc2cccs2)C1. The molecule has 2 N–H and O–H groups in total. The van der Waals surface area contributed by atoms with Crippen molar-refractivity contribution in [2.45, 2.75) is 45.7 Å². The van der Waals surface area contributed by atoms with Crippen LogP contribution < -0.4 is 10.6 Å². The van der Waals surface area contributed by atoms with Gasteiger partial charge in [0, 0.05) is 37.6 Å². The van der Waals surface area contributed by atoms with Gasteiger partial charge in [0.15, 0.2) is 5.96 Å². The van der Waals surface area contributed by atoms with Crippen LogP contribution in [-0.4, -0.2) is 43.6 Å². The normalized spacial score (nSPS) is 21.6. The molecule has 5 heteroatoms. The van der Waals surface area contributed by atoms with Gasteiger partial charge < -0.3 is 10.6 Å². The fourth-order valence-corrected chi connectivity index (χ4v) is 3.60. The Kier molecular flexibility index (Phi) is 7.19. The number of nitrogens with one attached hydrogen (secondary N) is 2. The lowest BCUT2D eigenvalue weighted by molar-refractivity contribution is 0.169. The van der Waals surface area contributed by atoms with Gasteiger partial charge in [-0.1, -0.05) is 13.0 Å². The van der Waals surface area contributed by atoms with E-state index in [1.165, 1.54) is 30.8 Å². The molecule has 2 rings (SSSR count). The van der Waals surface area contributed by atoms with Crippen molar-refractivity contribution in [3.63, 3.8) is 0 Å². The Balaban J connectivity index is 1.75. The van der Waals surface area contributed by atoms with Crippen molar-refractivity contribution in [2.75, 3.05) is 26.7 Å². The van der Waals surface area contributed by atoms with E-state index in [-0.39, 0.29) is 0 Å². The van der Waals surface area contributed by atoms with Gasteiger partial charge in [-0.15, -0.1) is 11.3 Å². The first-order chi connectivity index (χ1) is 10.7. The average Bonchev–Trinajstić information content (AvgIpc) is 3.04. The minimum Gasteiger partial charge on any atom is -0.356 e. The van der Waals surface area contributed by atoms with Gasteiger partial charge in [-0.3, -0.25) is 9.89 Å². The summed E-state index contributed by atoms with van der Waals surface area (Å²) in [6.45, 7) is 8.91. The van der Waals surface area contributed by atoms with Crippen LogP contribution in [0.4, 0.5) is 0 Å². The summed E-state index contributed by atoms with van der Waals surface area (Å²) in [6.07, 6.45) is 3.72. The maximum absolute atomic E-state index is 4.32. The number of guanidine groups is 1. The fourth-order valence-electron chi connectivity index (χ4n) is 2.86. The second kappa shape index (κ2) is 9.16. The van der Waals surface area contributed by atoms with Crippen LogP contribution in [0.2, 0.25) is 0 Å². The molecule has 2 unspecified atom stereocenters. The number of thiophene rings is 1. The van der Waals surface area contributed by atoms with Crippen molar-refractivity contribution in [1.82, 2.24) is 15.5 Å². The van der Waals surface area contributed by atoms with Gasteiger partial charge in [-0.2, -0.15) is 0 Å². The summed E-state index contributed by atoms with van der Waals surface area (Å²) in [7, 11) is 1.85.